The molecule has 23 heavy (non-hydrogen) atoms. The number of hydrogen-bond donors (Lipinski definition) is 2. The third-order valence-electron chi connectivity index (χ3n) is 3.21. The number of aryl methyl sites for hydroxylation is 1. The summed E-state index contributed by atoms with van der Waals surface area (Å²) in [7, 11) is 0. The molecule has 0 aliphatic carbocycles. The number of rotatable bonds is 5. The molecule has 2 aromatic rings. The fourth-order valence-corrected chi connectivity index (χ4v) is 2.09. The van der Waals surface area contributed by atoms with Gasteiger partial charge in [-0.25, -0.2) is 8.78 Å². The molecule has 2 aromatic carbocycles. The molecule has 0 heterocycles. The zero-order valence-corrected chi connectivity index (χ0v) is 12.5. The summed E-state index contributed by atoms with van der Waals surface area (Å²) < 4.78 is 26.1. The summed E-state index contributed by atoms with van der Waals surface area (Å²) in [4.78, 5) is 23.7. The topological polar surface area (TPSA) is 58.2 Å². The van der Waals surface area contributed by atoms with Gasteiger partial charge in [0.25, 0.3) is 5.91 Å². The standard InChI is InChI=1S/C17H16F2N2O2/c1-2-11-5-3-4-6-15(11)21-16(22)10-20-17(23)12-7-13(18)9-14(19)8-12/h3-9H,2,10H2,1H3,(H,20,23)(H,21,22). The molecule has 0 unspecified atom stereocenters. The second-order valence-corrected chi connectivity index (χ2v) is 4.90. The first kappa shape index (κ1) is 16.6. The van der Waals surface area contributed by atoms with E-state index >= 15 is 0 Å². The Morgan fingerprint density at radius 2 is 1.70 bits per heavy atom. The number of benzene rings is 2. The van der Waals surface area contributed by atoms with Crippen LogP contribution in [0.3, 0.4) is 0 Å². The Morgan fingerprint density at radius 1 is 1.04 bits per heavy atom. The Kier molecular flexibility index (Phi) is 5.41. The lowest BCUT2D eigenvalue weighted by Crippen LogP contribution is -2.33. The van der Waals surface area contributed by atoms with Crippen molar-refractivity contribution in [2.24, 2.45) is 0 Å². The first-order valence-electron chi connectivity index (χ1n) is 7.11. The monoisotopic (exact) mass is 318 g/mol. The van der Waals surface area contributed by atoms with Crippen LogP contribution in [0.25, 0.3) is 0 Å². The molecular weight excluding hydrogens is 302 g/mol. The number of carbonyl (C=O) groups excluding carboxylic acids is 2. The number of para-hydroxylation sites is 1. The van der Waals surface area contributed by atoms with E-state index in [-0.39, 0.29) is 12.1 Å². The van der Waals surface area contributed by atoms with E-state index in [0.717, 1.165) is 24.1 Å². The van der Waals surface area contributed by atoms with Crippen molar-refractivity contribution >= 4 is 17.5 Å². The molecule has 0 saturated heterocycles. The summed E-state index contributed by atoms with van der Waals surface area (Å²) >= 11 is 0. The van der Waals surface area contributed by atoms with Gasteiger partial charge in [0.15, 0.2) is 0 Å². The van der Waals surface area contributed by atoms with E-state index in [1.807, 2.05) is 19.1 Å². The van der Waals surface area contributed by atoms with Crippen LogP contribution in [0.4, 0.5) is 14.5 Å². The third kappa shape index (κ3) is 4.60. The molecule has 4 nitrogen and oxygen atoms in total. The van der Waals surface area contributed by atoms with Gasteiger partial charge in [0.2, 0.25) is 5.91 Å². The van der Waals surface area contributed by atoms with Crippen molar-refractivity contribution in [1.29, 1.82) is 0 Å². The molecule has 2 rings (SSSR count). The molecule has 0 spiro atoms. The zero-order chi connectivity index (χ0) is 16.8. The molecule has 2 N–H and O–H groups in total. The first-order chi connectivity index (χ1) is 11.0. The molecule has 120 valence electrons. The minimum atomic E-state index is -0.850. The van der Waals surface area contributed by atoms with E-state index in [1.165, 1.54) is 0 Å². The Hall–Kier alpha value is -2.76. The summed E-state index contributed by atoms with van der Waals surface area (Å²) in [5.74, 6) is -2.84. The molecule has 2 amide bonds. The number of anilines is 1. The lowest BCUT2D eigenvalue weighted by molar-refractivity contribution is -0.115. The van der Waals surface area contributed by atoms with Crippen molar-refractivity contribution in [3.05, 3.63) is 65.2 Å². The molecule has 0 aliphatic rings. The van der Waals surface area contributed by atoms with Crippen molar-refractivity contribution in [2.45, 2.75) is 13.3 Å². The lowest BCUT2D eigenvalue weighted by atomic mass is 10.1. The van der Waals surface area contributed by atoms with Crippen LogP contribution in [-0.2, 0) is 11.2 Å². The van der Waals surface area contributed by atoms with Gasteiger partial charge < -0.3 is 10.6 Å². The highest BCUT2D eigenvalue weighted by Crippen LogP contribution is 2.15. The quantitative estimate of drug-likeness (QED) is 0.890. The maximum atomic E-state index is 13.1. The Bertz CT molecular complexity index is 712. The number of carbonyl (C=O) groups is 2. The lowest BCUT2D eigenvalue weighted by Gasteiger charge is -2.10. The van der Waals surface area contributed by atoms with Gasteiger partial charge in [-0.15, -0.1) is 0 Å². The summed E-state index contributed by atoms with van der Waals surface area (Å²) in [6.07, 6.45) is 0.755. The molecule has 0 aromatic heterocycles. The summed E-state index contributed by atoms with van der Waals surface area (Å²) in [6.45, 7) is 1.67. The summed E-state index contributed by atoms with van der Waals surface area (Å²) in [5, 5.41) is 5.02. The van der Waals surface area contributed by atoms with Crippen molar-refractivity contribution < 1.29 is 18.4 Å². The molecule has 0 atom stereocenters. The van der Waals surface area contributed by atoms with Gasteiger partial charge >= 0.3 is 0 Å². The van der Waals surface area contributed by atoms with E-state index in [1.54, 1.807) is 12.1 Å². The van der Waals surface area contributed by atoms with E-state index in [9.17, 15) is 18.4 Å². The first-order valence-corrected chi connectivity index (χ1v) is 7.11. The van der Waals surface area contributed by atoms with Crippen molar-refractivity contribution in [1.82, 2.24) is 5.32 Å². The van der Waals surface area contributed by atoms with Crippen molar-refractivity contribution in [2.75, 3.05) is 11.9 Å². The normalized spacial score (nSPS) is 10.2. The average Bonchev–Trinajstić information content (AvgIpc) is 2.52. The maximum absolute atomic E-state index is 13.1. The third-order valence-corrected chi connectivity index (χ3v) is 3.21. The van der Waals surface area contributed by atoms with Gasteiger partial charge in [-0.3, -0.25) is 9.59 Å². The van der Waals surface area contributed by atoms with Crippen LogP contribution in [0.5, 0.6) is 0 Å². The van der Waals surface area contributed by atoms with Crippen LogP contribution in [0.15, 0.2) is 42.5 Å². The summed E-state index contributed by atoms with van der Waals surface area (Å²) in [5.41, 5.74) is 1.47. The van der Waals surface area contributed by atoms with Gasteiger partial charge in [0, 0.05) is 17.3 Å². The minimum absolute atomic E-state index is 0.177. The fourth-order valence-electron chi connectivity index (χ4n) is 2.09. The fraction of sp³-hybridized carbons (Fsp3) is 0.176. The Morgan fingerprint density at radius 3 is 2.35 bits per heavy atom. The highest BCUT2D eigenvalue weighted by Gasteiger charge is 2.11. The van der Waals surface area contributed by atoms with E-state index in [2.05, 4.69) is 10.6 Å². The van der Waals surface area contributed by atoms with E-state index in [0.29, 0.717) is 11.8 Å². The second kappa shape index (κ2) is 7.49. The smallest absolute Gasteiger partial charge is 0.251 e. The molecule has 0 saturated carbocycles. The number of nitrogens with one attached hydrogen (secondary N) is 2. The van der Waals surface area contributed by atoms with Gasteiger partial charge in [-0.05, 0) is 30.2 Å². The molecule has 0 aliphatic heterocycles. The molecular formula is C17H16F2N2O2. The average molecular weight is 318 g/mol. The zero-order valence-electron chi connectivity index (χ0n) is 12.5. The van der Waals surface area contributed by atoms with Crippen LogP contribution < -0.4 is 10.6 Å². The highest BCUT2D eigenvalue weighted by molar-refractivity contribution is 5.99. The van der Waals surface area contributed by atoms with Gasteiger partial charge in [-0.1, -0.05) is 25.1 Å². The van der Waals surface area contributed by atoms with Crippen LogP contribution in [-0.4, -0.2) is 18.4 Å². The Labute approximate surface area is 132 Å². The van der Waals surface area contributed by atoms with Crippen molar-refractivity contribution in [3.8, 4) is 0 Å². The number of amides is 2. The molecule has 0 radical (unpaired) electrons. The molecule has 0 fully saturated rings. The van der Waals surface area contributed by atoms with Crippen molar-refractivity contribution in [3.63, 3.8) is 0 Å². The number of halogens is 2. The largest absolute Gasteiger partial charge is 0.343 e. The predicted octanol–water partition coefficient (Wildman–Crippen LogP) is 2.90. The van der Waals surface area contributed by atoms with Crippen LogP contribution >= 0.6 is 0 Å². The van der Waals surface area contributed by atoms with E-state index < -0.39 is 23.4 Å². The maximum Gasteiger partial charge on any atom is 0.251 e. The second-order valence-electron chi connectivity index (χ2n) is 4.90. The van der Waals surface area contributed by atoms with Gasteiger partial charge in [0.05, 0.1) is 6.54 Å². The van der Waals surface area contributed by atoms with Gasteiger partial charge in [0.1, 0.15) is 11.6 Å². The van der Waals surface area contributed by atoms with Gasteiger partial charge in [-0.2, -0.15) is 0 Å². The van der Waals surface area contributed by atoms with Crippen LogP contribution in [0, 0.1) is 11.6 Å². The SMILES string of the molecule is CCc1ccccc1NC(=O)CNC(=O)c1cc(F)cc(F)c1. The highest BCUT2D eigenvalue weighted by atomic mass is 19.1. The van der Waals surface area contributed by atoms with E-state index in [4.69, 9.17) is 0 Å². The van der Waals surface area contributed by atoms with Crippen LogP contribution in [0.1, 0.15) is 22.8 Å². The molecule has 0 bridgehead atoms. The van der Waals surface area contributed by atoms with Crippen LogP contribution in [0.2, 0.25) is 0 Å². The minimum Gasteiger partial charge on any atom is -0.343 e. The number of hydrogen-bond acceptors (Lipinski definition) is 2. The molecule has 6 heteroatoms. The summed E-state index contributed by atoms with van der Waals surface area (Å²) in [6, 6.07) is 9.80. The Balaban J connectivity index is 1.95. The predicted molar refractivity (Wildman–Crippen MR) is 83.1 cm³/mol.